The van der Waals surface area contributed by atoms with Gasteiger partial charge in [0.1, 0.15) is 0 Å². The molecule has 1 aliphatic carbocycles. The highest BCUT2D eigenvalue weighted by molar-refractivity contribution is 5.79. The van der Waals surface area contributed by atoms with E-state index in [0.717, 1.165) is 38.9 Å². The van der Waals surface area contributed by atoms with Gasteiger partial charge >= 0.3 is 0 Å². The van der Waals surface area contributed by atoms with Gasteiger partial charge in [-0.25, -0.2) is 0 Å². The van der Waals surface area contributed by atoms with Crippen LogP contribution in [0.3, 0.4) is 0 Å². The van der Waals surface area contributed by atoms with Gasteiger partial charge < -0.3 is 10.6 Å². The third-order valence-electron chi connectivity index (χ3n) is 5.14. The van der Waals surface area contributed by atoms with E-state index in [1.165, 1.54) is 24.8 Å². The first-order chi connectivity index (χ1) is 10.3. The van der Waals surface area contributed by atoms with Crippen LogP contribution < -0.4 is 10.6 Å². The number of amides is 1. The average molecular weight is 286 g/mol. The minimum atomic E-state index is 0.174. The Hall–Kier alpha value is -1.35. The molecule has 0 bridgehead atoms. The van der Waals surface area contributed by atoms with Gasteiger partial charge in [-0.05, 0) is 49.6 Å². The van der Waals surface area contributed by atoms with Gasteiger partial charge in [0.2, 0.25) is 5.91 Å². The number of piperidine rings is 1. The number of rotatable bonds is 5. The van der Waals surface area contributed by atoms with Crippen LogP contribution in [0.1, 0.15) is 37.7 Å². The molecule has 1 saturated heterocycles. The van der Waals surface area contributed by atoms with Gasteiger partial charge in [0.15, 0.2) is 0 Å². The van der Waals surface area contributed by atoms with E-state index in [2.05, 4.69) is 41.0 Å². The molecule has 21 heavy (non-hydrogen) atoms. The first-order valence-corrected chi connectivity index (χ1v) is 8.30. The van der Waals surface area contributed by atoms with Crippen molar-refractivity contribution in [3.63, 3.8) is 0 Å². The molecular formula is C18H26N2O. The Bertz CT molecular complexity index is 461. The van der Waals surface area contributed by atoms with Crippen LogP contribution in [0.2, 0.25) is 0 Å². The molecule has 1 atom stereocenters. The minimum absolute atomic E-state index is 0.174. The SMILES string of the molecule is O=C(NCC1(Cc2ccccc2)CCC1)C1CCCNC1. The molecule has 1 aliphatic heterocycles. The summed E-state index contributed by atoms with van der Waals surface area (Å²) in [4.78, 5) is 12.3. The summed E-state index contributed by atoms with van der Waals surface area (Å²) < 4.78 is 0. The summed E-state index contributed by atoms with van der Waals surface area (Å²) in [6.07, 6.45) is 7.03. The summed E-state index contributed by atoms with van der Waals surface area (Å²) in [5, 5.41) is 6.56. The van der Waals surface area contributed by atoms with Gasteiger partial charge in [-0.2, -0.15) is 0 Å². The molecule has 2 fully saturated rings. The van der Waals surface area contributed by atoms with Crippen LogP contribution in [0.4, 0.5) is 0 Å². The van der Waals surface area contributed by atoms with E-state index in [1.807, 2.05) is 0 Å². The molecule has 0 radical (unpaired) electrons. The average Bonchev–Trinajstić information content (AvgIpc) is 2.51. The fourth-order valence-electron chi connectivity index (χ4n) is 3.62. The van der Waals surface area contributed by atoms with Gasteiger partial charge in [0.05, 0.1) is 5.92 Å². The minimum Gasteiger partial charge on any atom is -0.355 e. The van der Waals surface area contributed by atoms with Crippen LogP contribution in [0.25, 0.3) is 0 Å². The van der Waals surface area contributed by atoms with Crippen molar-refractivity contribution in [2.24, 2.45) is 11.3 Å². The second-order valence-corrected chi connectivity index (χ2v) is 6.78. The summed E-state index contributed by atoms with van der Waals surface area (Å²) in [5.41, 5.74) is 1.70. The van der Waals surface area contributed by atoms with E-state index in [-0.39, 0.29) is 11.8 Å². The first-order valence-electron chi connectivity index (χ1n) is 8.30. The summed E-state index contributed by atoms with van der Waals surface area (Å²) >= 11 is 0. The largest absolute Gasteiger partial charge is 0.355 e. The fourth-order valence-corrected chi connectivity index (χ4v) is 3.62. The van der Waals surface area contributed by atoms with Crippen molar-refractivity contribution in [3.8, 4) is 0 Å². The topological polar surface area (TPSA) is 41.1 Å². The molecule has 1 amide bonds. The monoisotopic (exact) mass is 286 g/mol. The van der Waals surface area contributed by atoms with Crippen LogP contribution in [0, 0.1) is 11.3 Å². The number of hydrogen-bond acceptors (Lipinski definition) is 2. The molecular weight excluding hydrogens is 260 g/mol. The lowest BCUT2D eigenvalue weighted by Crippen LogP contribution is -2.47. The zero-order valence-electron chi connectivity index (χ0n) is 12.7. The zero-order chi connectivity index (χ0) is 14.5. The molecule has 2 N–H and O–H groups in total. The molecule has 3 nitrogen and oxygen atoms in total. The molecule has 1 saturated carbocycles. The summed E-state index contributed by atoms with van der Waals surface area (Å²) in [5.74, 6) is 0.425. The second-order valence-electron chi connectivity index (χ2n) is 6.78. The summed E-state index contributed by atoms with van der Waals surface area (Å²) in [7, 11) is 0. The molecule has 0 aromatic heterocycles. The predicted molar refractivity (Wildman–Crippen MR) is 85.0 cm³/mol. The maximum Gasteiger partial charge on any atom is 0.224 e. The smallest absolute Gasteiger partial charge is 0.224 e. The normalized spacial score (nSPS) is 24.1. The van der Waals surface area contributed by atoms with Gasteiger partial charge in [-0.15, -0.1) is 0 Å². The Morgan fingerprint density at radius 1 is 1.24 bits per heavy atom. The van der Waals surface area contributed by atoms with Gasteiger partial charge in [0, 0.05) is 13.1 Å². The van der Waals surface area contributed by atoms with Crippen molar-refractivity contribution in [1.29, 1.82) is 0 Å². The highest BCUT2D eigenvalue weighted by Gasteiger charge is 2.37. The summed E-state index contributed by atoms with van der Waals surface area (Å²) in [6.45, 7) is 2.75. The number of nitrogens with one attached hydrogen (secondary N) is 2. The molecule has 1 aromatic carbocycles. The zero-order valence-corrected chi connectivity index (χ0v) is 12.7. The van der Waals surface area contributed by atoms with Gasteiger partial charge in [0.25, 0.3) is 0 Å². The molecule has 1 unspecified atom stereocenters. The summed E-state index contributed by atoms with van der Waals surface area (Å²) in [6, 6.07) is 10.7. The molecule has 1 aromatic rings. The quantitative estimate of drug-likeness (QED) is 0.873. The van der Waals surface area contributed by atoms with Crippen molar-refractivity contribution in [2.45, 2.75) is 38.5 Å². The van der Waals surface area contributed by atoms with E-state index in [4.69, 9.17) is 0 Å². The standard InChI is InChI=1S/C18H26N2O/c21-17(16-8-4-11-19-13-16)20-14-18(9-5-10-18)12-15-6-2-1-3-7-15/h1-3,6-7,16,19H,4-5,8-14H2,(H,20,21). The van der Waals surface area contributed by atoms with Crippen LogP contribution in [-0.4, -0.2) is 25.5 Å². The maximum absolute atomic E-state index is 12.3. The molecule has 3 rings (SSSR count). The highest BCUT2D eigenvalue weighted by Crippen LogP contribution is 2.43. The molecule has 1 heterocycles. The van der Waals surface area contributed by atoms with Crippen molar-refractivity contribution >= 4 is 5.91 Å². The fraction of sp³-hybridized carbons (Fsp3) is 0.611. The molecule has 0 spiro atoms. The Morgan fingerprint density at radius 3 is 2.67 bits per heavy atom. The Balaban J connectivity index is 1.53. The predicted octanol–water partition coefficient (Wildman–Crippen LogP) is 2.52. The molecule has 114 valence electrons. The van der Waals surface area contributed by atoms with Crippen LogP contribution in [0.5, 0.6) is 0 Å². The van der Waals surface area contributed by atoms with E-state index >= 15 is 0 Å². The first kappa shape index (κ1) is 14.6. The van der Waals surface area contributed by atoms with Crippen LogP contribution in [-0.2, 0) is 11.2 Å². The van der Waals surface area contributed by atoms with Gasteiger partial charge in [-0.1, -0.05) is 36.8 Å². The van der Waals surface area contributed by atoms with Crippen LogP contribution >= 0.6 is 0 Å². The number of carbonyl (C=O) groups is 1. The lowest BCUT2D eigenvalue weighted by Gasteiger charge is -2.42. The lowest BCUT2D eigenvalue weighted by molar-refractivity contribution is -0.126. The van der Waals surface area contributed by atoms with Crippen molar-refractivity contribution in [3.05, 3.63) is 35.9 Å². The highest BCUT2D eigenvalue weighted by atomic mass is 16.1. The van der Waals surface area contributed by atoms with Crippen molar-refractivity contribution in [1.82, 2.24) is 10.6 Å². The maximum atomic E-state index is 12.3. The van der Waals surface area contributed by atoms with Crippen molar-refractivity contribution in [2.75, 3.05) is 19.6 Å². The number of hydrogen-bond donors (Lipinski definition) is 2. The second kappa shape index (κ2) is 6.61. The Kier molecular flexibility index (Phi) is 4.59. The van der Waals surface area contributed by atoms with Crippen LogP contribution in [0.15, 0.2) is 30.3 Å². The Labute approximate surface area is 127 Å². The third kappa shape index (κ3) is 3.65. The van der Waals surface area contributed by atoms with E-state index in [0.29, 0.717) is 5.41 Å². The van der Waals surface area contributed by atoms with Crippen molar-refractivity contribution < 1.29 is 4.79 Å². The van der Waals surface area contributed by atoms with E-state index in [9.17, 15) is 4.79 Å². The van der Waals surface area contributed by atoms with E-state index in [1.54, 1.807) is 0 Å². The Morgan fingerprint density at radius 2 is 2.05 bits per heavy atom. The molecule has 3 heteroatoms. The van der Waals surface area contributed by atoms with Gasteiger partial charge in [-0.3, -0.25) is 4.79 Å². The third-order valence-corrected chi connectivity index (χ3v) is 5.14. The van der Waals surface area contributed by atoms with E-state index < -0.39 is 0 Å². The number of benzene rings is 1. The lowest BCUT2D eigenvalue weighted by atomic mass is 9.65. The molecule has 2 aliphatic rings. The number of carbonyl (C=O) groups excluding carboxylic acids is 1.